The lowest BCUT2D eigenvalue weighted by molar-refractivity contribution is -0.145. The van der Waals surface area contributed by atoms with Crippen LogP contribution in [0.3, 0.4) is 0 Å². The quantitative estimate of drug-likeness (QED) is 0.220. The first-order valence-electron chi connectivity index (χ1n) is 11.7. The van der Waals surface area contributed by atoms with Gasteiger partial charge in [-0.05, 0) is 27.2 Å². The van der Waals surface area contributed by atoms with E-state index >= 15 is 0 Å². The topological polar surface area (TPSA) is 92.3 Å². The van der Waals surface area contributed by atoms with Crippen molar-refractivity contribution in [2.45, 2.75) is 84.7 Å². The molecule has 184 valence electrons. The molecule has 0 atom stereocenters. The van der Waals surface area contributed by atoms with E-state index in [1.807, 2.05) is 20.8 Å². The Morgan fingerprint density at radius 2 is 1.23 bits per heavy atom. The summed E-state index contributed by atoms with van der Waals surface area (Å²) >= 11 is 0. The van der Waals surface area contributed by atoms with Gasteiger partial charge in [-0.15, -0.1) is 0 Å². The highest BCUT2D eigenvalue weighted by Gasteiger charge is 2.15. The van der Waals surface area contributed by atoms with Crippen molar-refractivity contribution < 1.29 is 33.3 Å². The van der Waals surface area contributed by atoms with Crippen LogP contribution < -0.4 is 5.32 Å². The molecule has 0 aromatic rings. The summed E-state index contributed by atoms with van der Waals surface area (Å²) in [5.41, 5.74) is -0.504. The molecule has 31 heavy (non-hydrogen) atoms. The predicted molar refractivity (Wildman–Crippen MR) is 120 cm³/mol. The van der Waals surface area contributed by atoms with Crippen LogP contribution in [0.15, 0.2) is 0 Å². The largest absolute Gasteiger partial charge is 0.463 e. The van der Waals surface area contributed by atoms with Gasteiger partial charge in [0.05, 0.1) is 39.6 Å². The molecule has 0 fully saturated rings. The highest BCUT2D eigenvalue weighted by Crippen LogP contribution is 2.09. The molecule has 0 aliphatic carbocycles. The standard InChI is InChI=1S/C23H45NO7/c1-5-6-7-8-9-10-11-12-21(25)30-20-19-29-18-17-28-16-15-27-14-13-24-22(26)31-23(2,3)4/h5-20H2,1-4H3,(H,24,26). The van der Waals surface area contributed by atoms with Crippen LogP contribution in [-0.4, -0.2) is 70.5 Å². The van der Waals surface area contributed by atoms with E-state index in [9.17, 15) is 9.59 Å². The molecule has 1 amide bonds. The molecule has 8 heteroatoms. The highest BCUT2D eigenvalue weighted by atomic mass is 16.6. The number of carbonyl (C=O) groups is 2. The summed E-state index contributed by atoms with van der Waals surface area (Å²) in [5.74, 6) is -0.147. The van der Waals surface area contributed by atoms with Crippen molar-refractivity contribution in [3.63, 3.8) is 0 Å². The molecule has 0 saturated carbocycles. The van der Waals surface area contributed by atoms with Gasteiger partial charge >= 0.3 is 12.1 Å². The first-order valence-corrected chi connectivity index (χ1v) is 11.7. The summed E-state index contributed by atoms with van der Waals surface area (Å²) in [4.78, 5) is 23.0. The fraction of sp³-hybridized carbons (Fsp3) is 0.913. The number of hydrogen-bond donors (Lipinski definition) is 1. The molecule has 8 nitrogen and oxygen atoms in total. The maximum atomic E-state index is 11.6. The molecular formula is C23H45NO7. The van der Waals surface area contributed by atoms with Gasteiger partial charge in [0.1, 0.15) is 12.2 Å². The number of hydrogen-bond acceptors (Lipinski definition) is 7. The van der Waals surface area contributed by atoms with Gasteiger partial charge < -0.3 is 29.0 Å². The van der Waals surface area contributed by atoms with Gasteiger partial charge in [-0.1, -0.05) is 45.4 Å². The van der Waals surface area contributed by atoms with Gasteiger partial charge in [0.25, 0.3) is 0 Å². The summed E-state index contributed by atoms with van der Waals surface area (Å²) in [5, 5.41) is 2.62. The van der Waals surface area contributed by atoms with Gasteiger partial charge in [0, 0.05) is 13.0 Å². The summed E-state index contributed by atoms with van der Waals surface area (Å²) in [6, 6.07) is 0. The molecule has 0 aliphatic heterocycles. The fourth-order valence-electron chi connectivity index (χ4n) is 2.59. The lowest BCUT2D eigenvalue weighted by Gasteiger charge is -2.19. The summed E-state index contributed by atoms with van der Waals surface area (Å²) in [7, 11) is 0. The highest BCUT2D eigenvalue weighted by molar-refractivity contribution is 5.69. The van der Waals surface area contributed by atoms with Crippen LogP contribution in [0.4, 0.5) is 4.79 Å². The van der Waals surface area contributed by atoms with Gasteiger partial charge in [0.15, 0.2) is 0 Å². The molecule has 1 N–H and O–H groups in total. The second-order valence-electron chi connectivity index (χ2n) is 8.36. The first kappa shape index (κ1) is 29.6. The molecule has 0 aliphatic rings. The number of ether oxygens (including phenoxy) is 5. The Balaban J connectivity index is 3.24. The average molecular weight is 448 g/mol. The van der Waals surface area contributed by atoms with E-state index in [-0.39, 0.29) is 12.6 Å². The molecule has 0 saturated heterocycles. The van der Waals surface area contributed by atoms with Crippen molar-refractivity contribution in [1.29, 1.82) is 0 Å². The summed E-state index contributed by atoms with van der Waals surface area (Å²) in [6.45, 7) is 10.9. The Bertz CT molecular complexity index is 438. The number of nitrogens with one attached hydrogen (secondary N) is 1. The maximum Gasteiger partial charge on any atom is 0.407 e. The maximum absolute atomic E-state index is 11.6. The number of alkyl carbamates (subject to hydrolysis) is 1. The minimum atomic E-state index is -0.504. The molecule has 0 heterocycles. The normalized spacial score (nSPS) is 11.4. The zero-order valence-electron chi connectivity index (χ0n) is 20.2. The third-order valence-electron chi connectivity index (χ3n) is 4.13. The number of amides is 1. The number of rotatable bonds is 20. The second kappa shape index (κ2) is 20.5. The van der Waals surface area contributed by atoms with Crippen molar-refractivity contribution in [2.75, 3.05) is 52.8 Å². The second-order valence-corrected chi connectivity index (χ2v) is 8.36. The van der Waals surface area contributed by atoms with E-state index in [2.05, 4.69) is 12.2 Å². The van der Waals surface area contributed by atoms with Crippen LogP contribution in [-0.2, 0) is 28.5 Å². The van der Waals surface area contributed by atoms with E-state index in [1.165, 1.54) is 32.1 Å². The minimum absolute atomic E-state index is 0.147. The fourth-order valence-corrected chi connectivity index (χ4v) is 2.59. The van der Waals surface area contributed by atoms with E-state index in [1.54, 1.807) is 0 Å². The van der Waals surface area contributed by atoms with Gasteiger partial charge in [-0.3, -0.25) is 4.79 Å². The van der Waals surface area contributed by atoms with E-state index in [4.69, 9.17) is 23.7 Å². The lowest BCUT2D eigenvalue weighted by atomic mass is 10.1. The van der Waals surface area contributed by atoms with Crippen LogP contribution in [0.25, 0.3) is 0 Å². The predicted octanol–water partition coefficient (Wildman–Crippen LogP) is 4.24. The Labute approximate surface area is 188 Å². The molecule has 0 aromatic heterocycles. The number of esters is 1. The Morgan fingerprint density at radius 1 is 0.710 bits per heavy atom. The van der Waals surface area contributed by atoms with Crippen molar-refractivity contribution >= 4 is 12.1 Å². The monoisotopic (exact) mass is 447 g/mol. The van der Waals surface area contributed by atoms with Crippen LogP contribution >= 0.6 is 0 Å². The van der Waals surface area contributed by atoms with E-state index < -0.39 is 11.7 Å². The SMILES string of the molecule is CCCCCCCCCC(=O)OCCOCCOCCOCCNC(=O)OC(C)(C)C. The molecule has 0 rings (SSSR count). The smallest absolute Gasteiger partial charge is 0.407 e. The first-order chi connectivity index (χ1) is 14.8. The van der Waals surface area contributed by atoms with Crippen LogP contribution in [0, 0.1) is 0 Å². The third kappa shape index (κ3) is 24.8. The van der Waals surface area contributed by atoms with Gasteiger partial charge in [0.2, 0.25) is 0 Å². The minimum Gasteiger partial charge on any atom is -0.463 e. The third-order valence-corrected chi connectivity index (χ3v) is 4.13. The van der Waals surface area contributed by atoms with Crippen LogP contribution in [0.5, 0.6) is 0 Å². The zero-order valence-corrected chi connectivity index (χ0v) is 20.2. The molecule has 0 spiro atoms. The van der Waals surface area contributed by atoms with E-state index in [0.29, 0.717) is 52.6 Å². The number of carbonyl (C=O) groups excluding carboxylic acids is 2. The van der Waals surface area contributed by atoms with Gasteiger partial charge in [-0.2, -0.15) is 0 Å². The molecular weight excluding hydrogens is 402 g/mol. The molecule has 0 aromatic carbocycles. The van der Waals surface area contributed by atoms with Crippen molar-refractivity contribution in [2.24, 2.45) is 0 Å². The zero-order chi connectivity index (χ0) is 23.2. The van der Waals surface area contributed by atoms with Crippen molar-refractivity contribution in [1.82, 2.24) is 5.32 Å². The number of unbranched alkanes of at least 4 members (excludes halogenated alkanes) is 6. The molecule has 0 bridgehead atoms. The van der Waals surface area contributed by atoms with Crippen molar-refractivity contribution in [3.8, 4) is 0 Å². The Hall–Kier alpha value is -1.38. The van der Waals surface area contributed by atoms with E-state index in [0.717, 1.165) is 12.8 Å². The Morgan fingerprint density at radius 3 is 1.81 bits per heavy atom. The van der Waals surface area contributed by atoms with Crippen LogP contribution in [0.2, 0.25) is 0 Å². The average Bonchev–Trinajstić information content (AvgIpc) is 2.69. The van der Waals surface area contributed by atoms with Crippen molar-refractivity contribution in [3.05, 3.63) is 0 Å². The lowest BCUT2D eigenvalue weighted by Crippen LogP contribution is -2.34. The summed E-state index contributed by atoms with van der Waals surface area (Å²) in [6.07, 6.45) is 8.34. The van der Waals surface area contributed by atoms with Crippen LogP contribution in [0.1, 0.15) is 79.1 Å². The molecule has 0 radical (unpaired) electrons. The summed E-state index contributed by atoms with van der Waals surface area (Å²) < 4.78 is 26.4. The Kier molecular flexibility index (Phi) is 19.6. The van der Waals surface area contributed by atoms with Gasteiger partial charge in [-0.25, -0.2) is 4.79 Å². The molecule has 0 unspecified atom stereocenters.